The average Bonchev–Trinajstić information content (AvgIpc) is 2.46. The molecule has 0 aliphatic carbocycles. The summed E-state index contributed by atoms with van der Waals surface area (Å²) in [6.07, 6.45) is -0.276. The Hall–Kier alpha value is -2.47. The van der Waals surface area contributed by atoms with Crippen LogP contribution in [0.2, 0.25) is 0 Å². The third-order valence-electron chi connectivity index (χ3n) is 3.27. The number of anilines is 1. The summed E-state index contributed by atoms with van der Waals surface area (Å²) < 4.78 is 5.99. The highest BCUT2D eigenvalue weighted by Crippen LogP contribution is 2.37. The average molecular weight is 250 g/mol. The summed E-state index contributed by atoms with van der Waals surface area (Å²) in [5, 5.41) is 12.6. The molecule has 1 heterocycles. The second-order valence-corrected chi connectivity index (χ2v) is 4.70. The van der Waals surface area contributed by atoms with Gasteiger partial charge in [-0.2, -0.15) is 5.26 Å². The molecule has 0 aromatic heterocycles. The highest BCUT2D eigenvalue weighted by atomic mass is 16.5. The highest BCUT2D eigenvalue weighted by Gasteiger charge is 2.30. The quantitative estimate of drug-likeness (QED) is 0.843. The molecule has 0 saturated carbocycles. The maximum atomic E-state index is 9.33. The van der Waals surface area contributed by atoms with Crippen LogP contribution in [-0.2, 0) is 0 Å². The summed E-state index contributed by atoms with van der Waals surface area (Å²) in [7, 11) is 0. The second kappa shape index (κ2) is 4.66. The van der Waals surface area contributed by atoms with E-state index in [0.717, 1.165) is 22.6 Å². The number of nitrogens with one attached hydrogen (secondary N) is 1. The van der Waals surface area contributed by atoms with E-state index >= 15 is 0 Å². The summed E-state index contributed by atoms with van der Waals surface area (Å²) in [5.41, 5.74) is 3.04. The molecular weight excluding hydrogens is 236 g/mol. The van der Waals surface area contributed by atoms with E-state index in [9.17, 15) is 5.26 Å². The standard InChI is InChI=1S/C16H14N2O/c1-11-7-8-15-13(9-11)18-14(10-17)16(19-15)12-5-3-2-4-6-12/h2-9,14,16,18H,1H3. The van der Waals surface area contributed by atoms with Gasteiger partial charge in [0.1, 0.15) is 5.75 Å². The molecule has 2 aromatic carbocycles. The van der Waals surface area contributed by atoms with Crippen LogP contribution < -0.4 is 10.1 Å². The lowest BCUT2D eigenvalue weighted by Crippen LogP contribution is -2.33. The summed E-state index contributed by atoms with van der Waals surface area (Å²) >= 11 is 0. The summed E-state index contributed by atoms with van der Waals surface area (Å²) in [6, 6.07) is 17.7. The monoisotopic (exact) mass is 250 g/mol. The van der Waals surface area contributed by atoms with Crippen molar-refractivity contribution < 1.29 is 4.74 Å². The molecule has 1 aliphatic heterocycles. The first-order chi connectivity index (χ1) is 9.28. The van der Waals surface area contributed by atoms with Crippen LogP contribution in [0.1, 0.15) is 17.2 Å². The fraction of sp³-hybridized carbons (Fsp3) is 0.188. The molecule has 1 aliphatic rings. The first-order valence-corrected chi connectivity index (χ1v) is 6.26. The van der Waals surface area contributed by atoms with E-state index in [1.165, 1.54) is 0 Å². The van der Waals surface area contributed by atoms with Gasteiger partial charge in [0, 0.05) is 0 Å². The molecule has 0 spiro atoms. The minimum atomic E-state index is -0.378. The zero-order valence-corrected chi connectivity index (χ0v) is 10.6. The Morgan fingerprint density at radius 2 is 1.95 bits per heavy atom. The second-order valence-electron chi connectivity index (χ2n) is 4.70. The summed E-state index contributed by atoms with van der Waals surface area (Å²) in [5.74, 6) is 0.797. The Bertz CT molecular complexity index is 631. The van der Waals surface area contributed by atoms with Crippen LogP contribution >= 0.6 is 0 Å². The van der Waals surface area contributed by atoms with Crippen molar-refractivity contribution in [2.24, 2.45) is 0 Å². The lowest BCUT2D eigenvalue weighted by molar-refractivity contribution is 0.189. The first kappa shape index (κ1) is 11.6. The molecule has 0 saturated heterocycles. The predicted molar refractivity (Wildman–Crippen MR) is 74.0 cm³/mol. The van der Waals surface area contributed by atoms with Crippen molar-refractivity contribution in [1.29, 1.82) is 5.26 Å². The van der Waals surface area contributed by atoms with Gasteiger partial charge in [0.05, 0.1) is 11.8 Å². The molecule has 3 rings (SSSR count). The molecule has 0 fully saturated rings. The van der Waals surface area contributed by atoms with Crippen LogP contribution in [0.3, 0.4) is 0 Å². The van der Waals surface area contributed by atoms with E-state index in [1.54, 1.807) is 0 Å². The Morgan fingerprint density at radius 3 is 2.68 bits per heavy atom. The van der Waals surface area contributed by atoms with Gasteiger partial charge < -0.3 is 10.1 Å². The van der Waals surface area contributed by atoms with Crippen molar-refractivity contribution >= 4 is 5.69 Å². The molecule has 94 valence electrons. The molecule has 0 amide bonds. The van der Waals surface area contributed by atoms with Gasteiger partial charge in [-0.1, -0.05) is 36.4 Å². The fourth-order valence-electron chi connectivity index (χ4n) is 2.31. The van der Waals surface area contributed by atoms with E-state index in [4.69, 9.17) is 4.74 Å². The van der Waals surface area contributed by atoms with Gasteiger partial charge in [-0.25, -0.2) is 0 Å². The number of fused-ring (bicyclic) bond motifs is 1. The molecule has 2 aromatic rings. The van der Waals surface area contributed by atoms with Crippen molar-refractivity contribution in [3.63, 3.8) is 0 Å². The van der Waals surface area contributed by atoms with Gasteiger partial charge in [-0.3, -0.25) is 0 Å². The molecule has 1 N–H and O–H groups in total. The van der Waals surface area contributed by atoms with E-state index < -0.39 is 0 Å². The molecule has 0 bridgehead atoms. The number of benzene rings is 2. The van der Waals surface area contributed by atoms with Gasteiger partial charge in [-0.05, 0) is 30.2 Å². The number of hydrogen-bond donors (Lipinski definition) is 1. The number of nitrogens with zero attached hydrogens (tertiary/aromatic N) is 1. The van der Waals surface area contributed by atoms with Crippen molar-refractivity contribution in [3.05, 3.63) is 59.7 Å². The normalized spacial score (nSPS) is 20.6. The third kappa shape index (κ3) is 2.13. The SMILES string of the molecule is Cc1ccc2c(c1)NC(C#N)C(c1ccccc1)O2. The number of ether oxygens (including phenoxy) is 1. The Morgan fingerprint density at radius 1 is 1.16 bits per heavy atom. The summed E-state index contributed by atoms with van der Waals surface area (Å²) in [4.78, 5) is 0. The Kier molecular flexibility index (Phi) is 2.85. The zero-order valence-electron chi connectivity index (χ0n) is 10.6. The lowest BCUT2D eigenvalue weighted by Gasteiger charge is -2.31. The summed E-state index contributed by atoms with van der Waals surface area (Å²) in [6.45, 7) is 2.02. The van der Waals surface area contributed by atoms with Crippen LogP contribution in [0.15, 0.2) is 48.5 Å². The van der Waals surface area contributed by atoms with Gasteiger partial charge in [0.15, 0.2) is 12.1 Å². The van der Waals surface area contributed by atoms with Gasteiger partial charge >= 0.3 is 0 Å². The lowest BCUT2D eigenvalue weighted by atomic mass is 10.0. The Labute approximate surface area is 112 Å². The molecule has 3 heteroatoms. The maximum Gasteiger partial charge on any atom is 0.157 e. The molecule has 3 nitrogen and oxygen atoms in total. The van der Waals surface area contributed by atoms with Crippen molar-refractivity contribution in [3.8, 4) is 11.8 Å². The number of rotatable bonds is 1. The van der Waals surface area contributed by atoms with Crippen LogP contribution in [0.4, 0.5) is 5.69 Å². The topological polar surface area (TPSA) is 45.0 Å². The van der Waals surface area contributed by atoms with Crippen molar-refractivity contribution in [2.75, 3.05) is 5.32 Å². The van der Waals surface area contributed by atoms with E-state index in [1.807, 2.05) is 55.5 Å². The van der Waals surface area contributed by atoms with Crippen LogP contribution in [0.25, 0.3) is 0 Å². The first-order valence-electron chi connectivity index (χ1n) is 6.26. The number of nitriles is 1. The Balaban J connectivity index is 2.00. The van der Waals surface area contributed by atoms with E-state index in [0.29, 0.717) is 0 Å². The number of hydrogen-bond acceptors (Lipinski definition) is 3. The molecule has 19 heavy (non-hydrogen) atoms. The molecular formula is C16H14N2O. The smallest absolute Gasteiger partial charge is 0.157 e. The maximum absolute atomic E-state index is 9.33. The van der Waals surface area contributed by atoms with Crippen LogP contribution in [-0.4, -0.2) is 6.04 Å². The predicted octanol–water partition coefficient (Wildman–Crippen LogP) is 3.43. The van der Waals surface area contributed by atoms with E-state index in [-0.39, 0.29) is 12.1 Å². The largest absolute Gasteiger partial charge is 0.480 e. The zero-order chi connectivity index (χ0) is 13.2. The van der Waals surface area contributed by atoms with Crippen LogP contribution in [0, 0.1) is 18.3 Å². The third-order valence-corrected chi connectivity index (χ3v) is 3.27. The molecule has 2 atom stereocenters. The molecule has 2 unspecified atom stereocenters. The fourth-order valence-corrected chi connectivity index (χ4v) is 2.31. The molecule has 0 radical (unpaired) electrons. The van der Waals surface area contributed by atoms with Crippen LogP contribution in [0.5, 0.6) is 5.75 Å². The van der Waals surface area contributed by atoms with Crippen molar-refractivity contribution in [1.82, 2.24) is 0 Å². The van der Waals surface area contributed by atoms with Gasteiger partial charge in [0.2, 0.25) is 0 Å². The minimum absolute atomic E-state index is 0.276. The van der Waals surface area contributed by atoms with Gasteiger partial charge in [-0.15, -0.1) is 0 Å². The van der Waals surface area contributed by atoms with Gasteiger partial charge in [0.25, 0.3) is 0 Å². The highest BCUT2D eigenvalue weighted by molar-refractivity contribution is 5.61. The minimum Gasteiger partial charge on any atom is -0.480 e. The number of aryl methyl sites for hydroxylation is 1. The van der Waals surface area contributed by atoms with Crippen molar-refractivity contribution in [2.45, 2.75) is 19.1 Å². The van der Waals surface area contributed by atoms with E-state index in [2.05, 4.69) is 11.4 Å².